The molecule has 38 heavy (non-hydrogen) atoms. The number of carbonyl (C=O) groups excluding carboxylic acids is 2. The van der Waals surface area contributed by atoms with Gasteiger partial charge in [-0.3, -0.25) is 4.79 Å². The summed E-state index contributed by atoms with van der Waals surface area (Å²) in [6.07, 6.45) is -0.696. The largest absolute Gasteiger partial charge is 0.495 e. The van der Waals surface area contributed by atoms with Crippen molar-refractivity contribution < 1.29 is 33.1 Å². The van der Waals surface area contributed by atoms with Gasteiger partial charge in [0.15, 0.2) is 0 Å². The second-order valence-electron chi connectivity index (χ2n) is 10.9. The molecule has 1 aromatic carbocycles. The smallest absolute Gasteiger partial charge is 0.480 e. The normalized spacial score (nSPS) is 15.9. The van der Waals surface area contributed by atoms with E-state index in [9.17, 15) is 14.9 Å². The van der Waals surface area contributed by atoms with Crippen LogP contribution in [0.3, 0.4) is 0 Å². The average molecular weight is 523 g/mol. The number of nitrogens with zero attached hydrogens (tertiary/aromatic N) is 3. The Labute approximate surface area is 223 Å². The van der Waals surface area contributed by atoms with Crippen LogP contribution in [0, 0.1) is 11.3 Å². The van der Waals surface area contributed by atoms with Crippen LogP contribution in [0.1, 0.15) is 66.5 Å². The van der Waals surface area contributed by atoms with Crippen LogP contribution in [0.25, 0.3) is 0 Å². The number of methoxy groups -OCH3 is 1. The first-order valence-corrected chi connectivity index (χ1v) is 12.2. The first-order valence-electron chi connectivity index (χ1n) is 12.2. The minimum atomic E-state index is -0.796. The van der Waals surface area contributed by atoms with E-state index in [1.165, 1.54) is 31.1 Å². The minimum Gasteiger partial charge on any atom is -0.480 e. The molecule has 0 unspecified atom stereocenters. The van der Waals surface area contributed by atoms with Crippen LogP contribution >= 0.6 is 0 Å². The zero-order valence-corrected chi connectivity index (χ0v) is 23.4. The SMILES string of the molecule is COc1nc(N(C(=O)OC(C)(C)C)c2ccc(B3OC(C)(C)C(C)(C)O3)c(COC(C)=O)c2)ccc1C#N. The average Bonchev–Trinajstić information content (AvgIpc) is 3.03. The molecule has 11 heteroatoms. The van der Waals surface area contributed by atoms with E-state index in [0.29, 0.717) is 16.7 Å². The molecule has 2 aromatic rings. The van der Waals surface area contributed by atoms with Crippen molar-refractivity contribution in [3.63, 3.8) is 0 Å². The standard InChI is InChI=1S/C27H34BN3O7/c1-17(32)35-16-19-14-20(11-12-21(19)28-37-26(5,6)27(7,8)38-28)31(24(33)36-25(2,3)4)22-13-10-18(15-29)23(30-22)34-9/h10-14H,16H2,1-9H3. The molecule has 3 rings (SSSR count). The number of rotatable bonds is 6. The lowest BCUT2D eigenvalue weighted by Gasteiger charge is -2.32. The Kier molecular flexibility index (Phi) is 8.10. The third-order valence-electron chi connectivity index (χ3n) is 6.29. The number of pyridine rings is 1. The van der Waals surface area contributed by atoms with Crippen LogP contribution in [0.5, 0.6) is 5.88 Å². The highest BCUT2D eigenvalue weighted by Gasteiger charge is 2.52. The molecule has 2 heterocycles. The van der Waals surface area contributed by atoms with Crippen LogP contribution < -0.4 is 15.1 Å². The van der Waals surface area contributed by atoms with Gasteiger partial charge >= 0.3 is 19.2 Å². The fourth-order valence-corrected chi connectivity index (χ4v) is 3.67. The molecule has 1 aromatic heterocycles. The topological polar surface area (TPSA) is 120 Å². The lowest BCUT2D eigenvalue weighted by Crippen LogP contribution is -2.41. The van der Waals surface area contributed by atoms with Gasteiger partial charge in [-0.2, -0.15) is 10.2 Å². The van der Waals surface area contributed by atoms with E-state index in [-0.39, 0.29) is 23.9 Å². The summed E-state index contributed by atoms with van der Waals surface area (Å²) in [5.41, 5.74) is -0.127. The van der Waals surface area contributed by atoms with Gasteiger partial charge in [0.25, 0.3) is 0 Å². The van der Waals surface area contributed by atoms with E-state index < -0.39 is 36.0 Å². The molecule has 1 saturated heterocycles. The van der Waals surface area contributed by atoms with Crippen LogP contribution in [0.2, 0.25) is 0 Å². The van der Waals surface area contributed by atoms with Crippen molar-refractivity contribution >= 4 is 36.1 Å². The molecule has 0 radical (unpaired) electrons. The van der Waals surface area contributed by atoms with Gasteiger partial charge in [-0.1, -0.05) is 6.07 Å². The highest BCUT2D eigenvalue weighted by Crippen LogP contribution is 2.37. The maximum absolute atomic E-state index is 13.4. The monoisotopic (exact) mass is 523 g/mol. The summed E-state index contributed by atoms with van der Waals surface area (Å²) in [6.45, 7) is 14.3. The number of ether oxygens (including phenoxy) is 3. The molecule has 0 bridgehead atoms. The number of hydrogen-bond donors (Lipinski definition) is 0. The predicted molar refractivity (Wildman–Crippen MR) is 142 cm³/mol. The third kappa shape index (κ3) is 6.26. The van der Waals surface area contributed by atoms with Crippen LogP contribution in [-0.2, 0) is 30.2 Å². The van der Waals surface area contributed by atoms with Gasteiger partial charge in [-0.05, 0) is 83.8 Å². The molecular weight excluding hydrogens is 489 g/mol. The quantitative estimate of drug-likeness (QED) is 0.401. The Balaban J connectivity index is 2.14. The van der Waals surface area contributed by atoms with Crippen LogP contribution in [-0.4, -0.2) is 48.1 Å². The first kappa shape index (κ1) is 28.9. The highest BCUT2D eigenvalue weighted by molar-refractivity contribution is 6.62. The van der Waals surface area contributed by atoms with E-state index in [2.05, 4.69) is 4.98 Å². The highest BCUT2D eigenvalue weighted by atomic mass is 16.7. The molecule has 0 N–H and O–H groups in total. The van der Waals surface area contributed by atoms with Gasteiger partial charge in [-0.25, -0.2) is 9.69 Å². The molecule has 0 atom stereocenters. The molecule has 0 aliphatic carbocycles. The third-order valence-corrected chi connectivity index (χ3v) is 6.29. The fourth-order valence-electron chi connectivity index (χ4n) is 3.67. The van der Waals surface area contributed by atoms with Crippen LogP contribution in [0.15, 0.2) is 30.3 Å². The summed E-state index contributed by atoms with van der Waals surface area (Å²) >= 11 is 0. The molecule has 202 valence electrons. The number of amides is 1. The fraction of sp³-hybridized carbons (Fsp3) is 0.481. The van der Waals surface area contributed by atoms with Crippen molar-refractivity contribution in [3.05, 3.63) is 41.5 Å². The lowest BCUT2D eigenvalue weighted by molar-refractivity contribution is -0.142. The molecule has 1 aliphatic heterocycles. The maximum Gasteiger partial charge on any atom is 0.495 e. The molecule has 0 saturated carbocycles. The Morgan fingerprint density at radius 1 is 1.11 bits per heavy atom. The van der Waals surface area contributed by atoms with Crippen LogP contribution in [0.4, 0.5) is 16.3 Å². The Morgan fingerprint density at radius 2 is 1.74 bits per heavy atom. The van der Waals surface area contributed by atoms with Crippen molar-refractivity contribution in [2.24, 2.45) is 0 Å². The maximum atomic E-state index is 13.4. The van der Waals surface area contributed by atoms with E-state index in [1.807, 2.05) is 33.8 Å². The van der Waals surface area contributed by atoms with E-state index in [4.69, 9.17) is 23.5 Å². The number of hydrogen-bond acceptors (Lipinski definition) is 9. The number of benzene rings is 1. The van der Waals surface area contributed by atoms with Gasteiger partial charge < -0.3 is 23.5 Å². The molecule has 10 nitrogen and oxygen atoms in total. The van der Waals surface area contributed by atoms with Gasteiger partial charge in [-0.15, -0.1) is 0 Å². The van der Waals surface area contributed by atoms with Gasteiger partial charge in [0.2, 0.25) is 5.88 Å². The van der Waals surface area contributed by atoms with Crippen molar-refractivity contribution in [1.29, 1.82) is 5.26 Å². The number of aromatic nitrogens is 1. The Morgan fingerprint density at radius 3 is 2.26 bits per heavy atom. The van der Waals surface area contributed by atoms with E-state index in [0.717, 1.165) is 0 Å². The van der Waals surface area contributed by atoms with E-state index >= 15 is 0 Å². The number of carbonyl (C=O) groups is 2. The zero-order chi connectivity index (χ0) is 28.5. The Bertz CT molecular complexity index is 1250. The number of nitriles is 1. The van der Waals surface area contributed by atoms with Crippen molar-refractivity contribution in [2.45, 2.75) is 78.8 Å². The van der Waals surface area contributed by atoms with Gasteiger partial charge in [0.1, 0.15) is 29.7 Å². The summed E-state index contributed by atoms with van der Waals surface area (Å²) in [7, 11) is 0.671. The Hall–Kier alpha value is -3.62. The van der Waals surface area contributed by atoms with Crippen molar-refractivity contribution in [3.8, 4) is 11.9 Å². The molecule has 1 amide bonds. The second kappa shape index (κ2) is 10.6. The van der Waals surface area contributed by atoms with Gasteiger partial charge in [0.05, 0.1) is 24.0 Å². The second-order valence-corrected chi connectivity index (χ2v) is 10.9. The lowest BCUT2D eigenvalue weighted by atomic mass is 9.76. The summed E-state index contributed by atoms with van der Waals surface area (Å²) in [6, 6.07) is 10.2. The summed E-state index contributed by atoms with van der Waals surface area (Å²) in [4.78, 5) is 30.7. The molecule has 0 spiro atoms. The predicted octanol–water partition coefficient (Wildman–Crippen LogP) is 4.40. The zero-order valence-electron chi connectivity index (χ0n) is 23.4. The molecule has 1 fully saturated rings. The van der Waals surface area contributed by atoms with Gasteiger partial charge in [0, 0.05) is 6.92 Å². The molecule has 1 aliphatic rings. The number of esters is 1. The summed E-state index contributed by atoms with van der Waals surface area (Å²) in [5, 5.41) is 9.37. The minimum absolute atomic E-state index is 0.0625. The number of anilines is 2. The molecular formula is C27H34BN3O7. The van der Waals surface area contributed by atoms with Crippen molar-refractivity contribution in [1.82, 2.24) is 4.98 Å². The van der Waals surface area contributed by atoms with Crippen molar-refractivity contribution in [2.75, 3.05) is 12.0 Å². The summed E-state index contributed by atoms with van der Waals surface area (Å²) in [5.74, 6) is -0.220. The van der Waals surface area contributed by atoms with E-state index in [1.54, 1.807) is 39.0 Å². The summed E-state index contributed by atoms with van der Waals surface area (Å²) < 4.78 is 28.7. The first-order chi connectivity index (χ1) is 17.6.